The number of para-hydroxylation sites is 1. The van der Waals surface area contributed by atoms with Crippen molar-refractivity contribution < 1.29 is 9.53 Å². The first-order valence-corrected chi connectivity index (χ1v) is 10.6. The highest BCUT2D eigenvalue weighted by Gasteiger charge is 2.25. The molecule has 154 valence electrons. The molecule has 0 unspecified atom stereocenters. The number of aromatic nitrogens is 2. The van der Waals surface area contributed by atoms with Crippen LogP contribution in [-0.2, 0) is 0 Å². The second kappa shape index (κ2) is 7.65. The molecule has 3 heterocycles. The molecule has 0 radical (unpaired) electrons. The van der Waals surface area contributed by atoms with Crippen LogP contribution in [0, 0.1) is 6.92 Å². The predicted molar refractivity (Wildman–Crippen MR) is 121 cm³/mol. The summed E-state index contributed by atoms with van der Waals surface area (Å²) in [6, 6.07) is 14.2. The second-order valence-corrected chi connectivity index (χ2v) is 8.30. The van der Waals surface area contributed by atoms with Gasteiger partial charge in [-0.2, -0.15) is 0 Å². The van der Waals surface area contributed by atoms with Crippen molar-refractivity contribution in [2.45, 2.75) is 25.7 Å². The Morgan fingerprint density at radius 3 is 2.70 bits per heavy atom. The van der Waals surface area contributed by atoms with Crippen molar-refractivity contribution in [3.8, 4) is 5.75 Å². The van der Waals surface area contributed by atoms with Gasteiger partial charge in [0.1, 0.15) is 5.75 Å². The highest BCUT2D eigenvalue weighted by atomic mass is 16.5. The Kier molecular flexibility index (Phi) is 4.83. The van der Waals surface area contributed by atoms with Gasteiger partial charge in [-0.25, -0.2) is 0 Å². The number of fused-ring (bicyclic) bond motifs is 2. The zero-order valence-corrected chi connectivity index (χ0v) is 17.5. The van der Waals surface area contributed by atoms with Gasteiger partial charge >= 0.3 is 0 Å². The van der Waals surface area contributed by atoms with E-state index in [-0.39, 0.29) is 5.78 Å². The molecule has 2 aromatic carbocycles. The number of benzene rings is 2. The van der Waals surface area contributed by atoms with Crippen LogP contribution in [0.3, 0.4) is 0 Å². The third kappa shape index (κ3) is 3.29. The van der Waals surface area contributed by atoms with Crippen molar-refractivity contribution in [2.75, 3.05) is 26.7 Å². The molecule has 1 saturated heterocycles. The number of methoxy groups -OCH3 is 1. The lowest BCUT2D eigenvalue weighted by Gasteiger charge is -2.31. The third-order valence-electron chi connectivity index (χ3n) is 6.49. The number of H-pyrrole nitrogens is 2. The number of Topliss-reactive ketones (excluding diaryl/α,β-unsaturated/α-hetero) is 1. The van der Waals surface area contributed by atoms with E-state index >= 15 is 0 Å². The van der Waals surface area contributed by atoms with E-state index in [0.29, 0.717) is 12.5 Å². The highest BCUT2D eigenvalue weighted by Crippen LogP contribution is 2.35. The van der Waals surface area contributed by atoms with Crippen molar-refractivity contribution in [2.24, 2.45) is 0 Å². The van der Waals surface area contributed by atoms with Crippen LogP contribution in [0.15, 0.2) is 48.7 Å². The summed E-state index contributed by atoms with van der Waals surface area (Å²) >= 11 is 0. The highest BCUT2D eigenvalue weighted by molar-refractivity contribution is 6.10. The van der Waals surface area contributed by atoms with Crippen LogP contribution in [0.5, 0.6) is 5.75 Å². The smallest absolute Gasteiger partial charge is 0.179 e. The Labute approximate surface area is 176 Å². The van der Waals surface area contributed by atoms with Crippen LogP contribution in [0.4, 0.5) is 0 Å². The SMILES string of the molecule is COc1ccc2[nH]cc(C3CCN(CC(=O)c4c(C)[nH]c5ccccc45)CC3)c2c1. The van der Waals surface area contributed by atoms with Crippen LogP contribution < -0.4 is 4.74 Å². The fourth-order valence-electron chi connectivity index (χ4n) is 4.91. The molecule has 2 N–H and O–H groups in total. The Balaban J connectivity index is 1.28. The van der Waals surface area contributed by atoms with Crippen LogP contribution >= 0.6 is 0 Å². The summed E-state index contributed by atoms with van der Waals surface area (Å²) in [6.45, 7) is 4.35. The van der Waals surface area contributed by atoms with E-state index in [9.17, 15) is 4.79 Å². The fraction of sp³-hybridized carbons (Fsp3) is 0.320. The number of carbonyl (C=O) groups is 1. The summed E-state index contributed by atoms with van der Waals surface area (Å²) < 4.78 is 5.41. The maximum Gasteiger partial charge on any atom is 0.179 e. The minimum Gasteiger partial charge on any atom is -0.497 e. The largest absolute Gasteiger partial charge is 0.497 e. The van der Waals surface area contributed by atoms with E-state index in [1.54, 1.807) is 7.11 Å². The molecule has 1 aliphatic rings. The summed E-state index contributed by atoms with van der Waals surface area (Å²) in [5, 5.41) is 2.28. The number of hydrogen-bond donors (Lipinski definition) is 2. The maximum atomic E-state index is 13.1. The lowest BCUT2D eigenvalue weighted by Crippen LogP contribution is -2.36. The van der Waals surface area contributed by atoms with E-state index in [4.69, 9.17) is 4.74 Å². The Morgan fingerprint density at radius 2 is 1.90 bits per heavy atom. The molecule has 1 aliphatic heterocycles. The number of likely N-dealkylation sites (tertiary alicyclic amines) is 1. The number of ketones is 1. The zero-order chi connectivity index (χ0) is 20.7. The monoisotopic (exact) mass is 401 g/mol. The standard InChI is InChI=1S/C25H27N3O2/c1-16-25(19-5-3-4-6-23(19)27-16)24(29)15-28-11-9-17(10-12-28)21-14-26-22-8-7-18(30-2)13-20(21)22/h3-8,13-14,17,26-27H,9-12,15H2,1-2H3. The minimum absolute atomic E-state index is 0.209. The number of ether oxygens (including phenoxy) is 1. The van der Waals surface area contributed by atoms with Crippen LogP contribution in [0.25, 0.3) is 21.8 Å². The molecule has 5 heteroatoms. The molecule has 30 heavy (non-hydrogen) atoms. The summed E-state index contributed by atoms with van der Waals surface area (Å²) in [7, 11) is 1.71. The van der Waals surface area contributed by atoms with Gasteiger partial charge in [-0.1, -0.05) is 18.2 Å². The van der Waals surface area contributed by atoms with Gasteiger partial charge in [-0.3, -0.25) is 9.69 Å². The van der Waals surface area contributed by atoms with Gasteiger partial charge in [0.05, 0.1) is 13.7 Å². The molecule has 0 bridgehead atoms. The predicted octanol–water partition coefficient (Wildman–Crippen LogP) is 5.03. The molecule has 5 nitrogen and oxygen atoms in total. The molecule has 0 atom stereocenters. The van der Waals surface area contributed by atoms with Crippen LogP contribution in [0.1, 0.15) is 40.4 Å². The van der Waals surface area contributed by atoms with E-state index in [2.05, 4.69) is 33.2 Å². The van der Waals surface area contributed by atoms with Crippen molar-refractivity contribution in [1.82, 2.24) is 14.9 Å². The topological polar surface area (TPSA) is 61.1 Å². The van der Waals surface area contributed by atoms with Crippen molar-refractivity contribution in [3.63, 3.8) is 0 Å². The van der Waals surface area contributed by atoms with E-state index in [1.807, 2.05) is 37.3 Å². The molecule has 0 spiro atoms. The first-order valence-electron chi connectivity index (χ1n) is 10.6. The molecular formula is C25H27N3O2. The van der Waals surface area contributed by atoms with Gasteiger partial charge in [0.25, 0.3) is 0 Å². The lowest BCUT2D eigenvalue weighted by molar-refractivity contribution is 0.0910. The van der Waals surface area contributed by atoms with Gasteiger partial charge in [0.15, 0.2) is 5.78 Å². The number of carbonyl (C=O) groups excluding carboxylic acids is 1. The number of nitrogens with one attached hydrogen (secondary N) is 2. The summed E-state index contributed by atoms with van der Waals surface area (Å²) in [6.07, 6.45) is 4.26. The molecular weight excluding hydrogens is 374 g/mol. The van der Waals surface area contributed by atoms with Crippen molar-refractivity contribution in [3.05, 3.63) is 65.5 Å². The summed E-state index contributed by atoms with van der Waals surface area (Å²) in [5.41, 5.74) is 5.35. The fourth-order valence-corrected chi connectivity index (χ4v) is 4.91. The molecule has 0 saturated carbocycles. The number of hydrogen-bond acceptors (Lipinski definition) is 3. The molecule has 4 aromatic rings. The minimum atomic E-state index is 0.209. The number of nitrogens with zero attached hydrogens (tertiary/aromatic N) is 1. The van der Waals surface area contributed by atoms with Crippen LogP contribution in [-0.4, -0.2) is 47.4 Å². The van der Waals surface area contributed by atoms with Gasteiger partial charge in [-0.05, 0) is 68.6 Å². The number of aromatic amines is 2. The maximum absolute atomic E-state index is 13.1. The quantitative estimate of drug-likeness (QED) is 0.461. The van der Waals surface area contributed by atoms with E-state index in [1.165, 1.54) is 10.9 Å². The molecule has 1 fully saturated rings. The Morgan fingerprint density at radius 1 is 1.10 bits per heavy atom. The van der Waals surface area contributed by atoms with Crippen molar-refractivity contribution >= 4 is 27.6 Å². The first-order chi connectivity index (χ1) is 14.6. The Hall–Kier alpha value is -3.05. The normalized spacial score (nSPS) is 15.8. The van der Waals surface area contributed by atoms with Gasteiger partial charge in [0.2, 0.25) is 0 Å². The molecule has 5 rings (SSSR count). The van der Waals surface area contributed by atoms with Gasteiger partial charge in [-0.15, -0.1) is 0 Å². The van der Waals surface area contributed by atoms with Crippen LogP contribution in [0.2, 0.25) is 0 Å². The van der Waals surface area contributed by atoms with Gasteiger partial charge < -0.3 is 14.7 Å². The van der Waals surface area contributed by atoms with Crippen molar-refractivity contribution in [1.29, 1.82) is 0 Å². The Bertz CT molecular complexity index is 1210. The molecule has 0 aliphatic carbocycles. The summed E-state index contributed by atoms with van der Waals surface area (Å²) in [5.74, 6) is 1.60. The second-order valence-electron chi connectivity index (χ2n) is 8.30. The van der Waals surface area contributed by atoms with E-state index in [0.717, 1.165) is 59.4 Å². The number of rotatable bonds is 5. The van der Waals surface area contributed by atoms with Gasteiger partial charge in [0, 0.05) is 39.3 Å². The lowest BCUT2D eigenvalue weighted by atomic mass is 9.89. The molecule has 0 amide bonds. The average Bonchev–Trinajstić information content (AvgIpc) is 3.33. The summed E-state index contributed by atoms with van der Waals surface area (Å²) in [4.78, 5) is 22.1. The van der Waals surface area contributed by atoms with E-state index < -0.39 is 0 Å². The first kappa shape index (κ1) is 18.9. The molecule has 2 aromatic heterocycles. The third-order valence-corrected chi connectivity index (χ3v) is 6.49. The zero-order valence-electron chi connectivity index (χ0n) is 17.5. The average molecular weight is 402 g/mol. The number of piperidine rings is 1. The number of aryl methyl sites for hydroxylation is 1.